The number of methoxy groups -OCH3 is 1. The first-order valence-corrected chi connectivity index (χ1v) is 9.53. The molecule has 0 aromatic heterocycles. The average molecular weight is 394 g/mol. The molecule has 2 rings (SSSR count). The van der Waals surface area contributed by atoms with E-state index in [4.69, 9.17) is 9.47 Å². The van der Waals surface area contributed by atoms with Crippen LogP contribution in [0.15, 0.2) is 18.2 Å². The normalized spacial score (nSPS) is 14.5. The molecule has 0 bridgehead atoms. The van der Waals surface area contributed by atoms with Crippen molar-refractivity contribution in [2.75, 3.05) is 26.0 Å². The van der Waals surface area contributed by atoms with Crippen LogP contribution in [0.25, 0.3) is 0 Å². The van der Waals surface area contributed by atoms with Gasteiger partial charge in [-0.05, 0) is 32.0 Å². The lowest BCUT2D eigenvalue weighted by Crippen LogP contribution is -2.42. The van der Waals surface area contributed by atoms with E-state index >= 15 is 0 Å². The van der Waals surface area contributed by atoms with Gasteiger partial charge in [0, 0.05) is 30.0 Å². The van der Waals surface area contributed by atoms with E-state index in [0.29, 0.717) is 23.6 Å². The van der Waals surface area contributed by atoms with Gasteiger partial charge in [-0.25, -0.2) is 4.79 Å². The van der Waals surface area contributed by atoms with Crippen molar-refractivity contribution >= 4 is 35.5 Å². The molecule has 9 heteroatoms. The summed E-state index contributed by atoms with van der Waals surface area (Å²) < 4.78 is 10.4. The van der Waals surface area contributed by atoms with Crippen LogP contribution in [0.4, 0.5) is 4.79 Å². The van der Waals surface area contributed by atoms with Gasteiger partial charge in [0.05, 0.1) is 12.9 Å². The fourth-order valence-electron chi connectivity index (χ4n) is 2.54. The molecule has 1 saturated heterocycles. The second-order valence-electron chi connectivity index (χ2n) is 5.93. The number of ether oxygens (including phenoxy) is 2. The molecule has 1 aromatic carbocycles. The zero-order chi connectivity index (χ0) is 20.0. The molecule has 0 unspecified atom stereocenters. The average Bonchev–Trinajstić information content (AvgIpc) is 3.06. The van der Waals surface area contributed by atoms with Crippen molar-refractivity contribution in [3.8, 4) is 5.75 Å². The lowest BCUT2D eigenvalue weighted by Gasteiger charge is -2.18. The Morgan fingerprint density at radius 1 is 1.33 bits per heavy atom. The van der Waals surface area contributed by atoms with Gasteiger partial charge in [-0.15, -0.1) is 11.8 Å². The maximum Gasteiger partial charge on any atom is 0.324 e. The van der Waals surface area contributed by atoms with E-state index in [1.165, 1.54) is 32.7 Å². The SMILES string of the molecule is COc1ccc(C(C)=O)cc1CSCC(=O)O[C@H](C)C(=O)N1CCNC1=O. The van der Waals surface area contributed by atoms with Crippen LogP contribution in [0.5, 0.6) is 5.75 Å². The minimum atomic E-state index is -1.03. The summed E-state index contributed by atoms with van der Waals surface area (Å²) in [6.07, 6.45) is -1.03. The Morgan fingerprint density at radius 3 is 2.67 bits per heavy atom. The van der Waals surface area contributed by atoms with E-state index in [2.05, 4.69) is 5.32 Å². The molecule has 8 nitrogen and oxygen atoms in total. The number of urea groups is 1. The molecule has 1 aromatic rings. The third-order valence-electron chi connectivity index (χ3n) is 3.94. The maximum absolute atomic E-state index is 12.1. The number of thioether (sulfide) groups is 1. The Bertz CT molecular complexity index is 751. The molecule has 0 radical (unpaired) electrons. The van der Waals surface area contributed by atoms with Crippen molar-refractivity contribution in [2.45, 2.75) is 25.7 Å². The van der Waals surface area contributed by atoms with E-state index in [-0.39, 0.29) is 18.1 Å². The standard InChI is InChI=1S/C18H22N2O6S/c1-11(21)13-4-5-15(25-3)14(8-13)9-27-10-16(22)26-12(2)17(23)20-7-6-19-18(20)24/h4-5,8,12H,6-7,9-10H2,1-3H3,(H,19,24)/t12-/m1/s1. The second kappa shape index (κ2) is 9.40. The van der Waals surface area contributed by atoms with Gasteiger partial charge in [-0.1, -0.05) is 0 Å². The van der Waals surface area contributed by atoms with Crippen LogP contribution in [-0.4, -0.2) is 60.6 Å². The Kier molecular flexibility index (Phi) is 7.23. The third kappa shape index (κ3) is 5.46. The predicted molar refractivity (Wildman–Crippen MR) is 99.8 cm³/mol. The number of hydrogen-bond donors (Lipinski definition) is 1. The molecule has 0 spiro atoms. The Morgan fingerprint density at radius 2 is 2.07 bits per heavy atom. The molecule has 27 heavy (non-hydrogen) atoms. The van der Waals surface area contributed by atoms with Crippen LogP contribution in [0.2, 0.25) is 0 Å². The van der Waals surface area contributed by atoms with Crippen LogP contribution in [0.1, 0.15) is 29.8 Å². The Balaban J connectivity index is 1.85. The van der Waals surface area contributed by atoms with Gasteiger partial charge < -0.3 is 14.8 Å². The fourth-order valence-corrected chi connectivity index (χ4v) is 3.32. The van der Waals surface area contributed by atoms with Crippen molar-refractivity contribution in [3.63, 3.8) is 0 Å². The Hall–Kier alpha value is -2.55. The first-order chi connectivity index (χ1) is 12.8. The second-order valence-corrected chi connectivity index (χ2v) is 6.92. The van der Waals surface area contributed by atoms with E-state index in [0.717, 1.165) is 10.5 Å². The lowest BCUT2D eigenvalue weighted by atomic mass is 10.1. The van der Waals surface area contributed by atoms with E-state index in [9.17, 15) is 19.2 Å². The van der Waals surface area contributed by atoms with E-state index in [1.54, 1.807) is 18.2 Å². The molecular weight excluding hydrogens is 372 g/mol. The van der Waals surface area contributed by atoms with Gasteiger partial charge in [0.1, 0.15) is 5.75 Å². The molecule has 3 amide bonds. The number of imide groups is 1. The van der Waals surface area contributed by atoms with Crippen molar-refractivity contribution in [3.05, 3.63) is 29.3 Å². The molecule has 146 valence electrons. The highest BCUT2D eigenvalue weighted by Gasteiger charge is 2.31. The molecule has 0 aliphatic carbocycles. The van der Waals surface area contributed by atoms with Gasteiger partial charge in [0.25, 0.3) is 5.91 Å². The number of benzene rings is 1. The van der Waals surface area contributed by atoms with Crippen molar-refractivity contribution in [2.24, 2.45) is 0 Å². The Labute approximate surface area is 161 Å². The number of amides is 3. The molecule has 1 aliphatic heterocycles. The number of esters is 1. The largest absolute Gasteiger partial charge is 0.496 e. The van der Waals surface area contributed by atoms with Crippen molar-refractivity contribution in [1.29, 1.82) is 0 Å². The number of nitrogens with zero attached hydrogens (tertiary/aromatic N) is 1. The summed E-state index contributed by atoms with van der Waals surface area (Å²) in [6, 6.07) is 4.66. The lowest BCUT2D eigenvalue weighted by molar-refractivity contribution is -0.155. The zero-order valence-electron chi connectivity index (χ0n) is 15.4. The minimum Gasteiger partial charge on any atom is -0.496 e. The summed E-state index contributed by atoms with van der Waals surface area (Å²) in [5.74, 6) is -0.0551. The maximum atomic E-state index is 12.1. The molecule has 1 heterocycles. The summed E-state index contributed by atoms with van der Waals surface area (Å²) in [5, 5.41) is 2.52. The first-order valence-electron chi connectivity index (χ1n) is 8.37. The quantitative estimate of drug-likeness (QED) is 0.528. The highest BCUT2D eigenvalue weighted by atomic mass is 32.2. The number of ketones is 1. The first kappa shape index (κ1) is 20.8. The molecular formula is C18H22N2O6S. The highest BCUT2D eigenvalue weighted by molar-refractivity contribution is 7.99. The molecule has 1 atom stereocenters. The highest BCUT2D eigenvalue weighted by Crippen LogP contribution is 2.25. The number of nitrogens with one attached hydrogen (secondary N) is 1. The molecule has 1 aliphatic rings. The summed E-state index contributed by atoms with van der Waals surface area (Å²) >= 11 is 1.28. The number of carbonyl (C=O) groups is 4. The summed E-state index contributed by atoms with van der Waals surface area (Å²) in [4.78, 5) is 48.1. The van der Waals surface area contributed by atoms with Gasteiger partial charge in [-0.3, -0.25) is 19.3 Å². The predicted octanol–water partition coefficient (Wildman–Crippen LogP) is 1.61. The summed E-state index contributed by atoms with van der Waals surface area (Å²) in [7, 11) is 1.53. The van der Waals surface area contributed by atoms with Crippen LogP contribution in [-0.2, 0) is 20.1 Å². The smallest absolute Gasteiger partial charge is 0.324 e. The van der Waals surface area contributed by atoms with Gasteiger partial charge in [0.15, 0.2) is 11.9 Å². The molecule has 1 N–H and O–H groups in total. The number of rotatable bonds is 8. The van der Waals surface area contributed by atoms with E-state index < -0.39 is 24.0 Å². The zero-order valence-corrected chi connectivity index (χ0v) is 16.3. The number of Topliss-reactive ketones (excluding diaryl/α,β-unsaturated/α-hetero) is 1. The number of hydrogen-bond acceptors (Lipinski definition) is 7. The third-order valence-corrected chi connectivity index (χ3v) is 4.90. The van der Waals surface area contributed by atoms with Gasteiger partial charge in [-0.2, -0.15) is 0 Å². The van der Waals surface area contributed by atoms with Crippen LogP contribution >= 0.6 is 11.8 Å². The van der Waals surface area contributed by atoms with Crippen LogP contribution < -0.4 is 10.1 Å². The van der Waals surface area contributed by atoms with Gasteiger partial charge in [0.2, 0.25) is 0 Å². The number of carbonyl (C=O) groups excluding carboxylic acids is 4. The molecule has 0 saturated carbocycles. The van der Waals surface area contributed by atoms with Crippen molar-refractivity contribution in [1.82, 2.24) is 10.2 Å². The summed E-state index contributed by atoms with van der Waals surface area (Å²) in [6.45, 7) is 3.58. The molecule has 1 fully saturated rings. The van der Waals surface area contributed by atoms with Crippen LogP contribution in [0.3, 0.4) is 0 Å². The minimum absolute atomic E-state index is 0.0251. The van der Waals surface area contributed by atoms with Crippen molar-refractivity contribution < 1.29 is 28.7 Å². The topological polar surface area (TPSA) is 102 Å². The fraction of sp³-hybridized carbons (Fsp3) is 0.444. The van der Waals surface area contributed by atoms with Gasteiger partial charge >= 0.3 is 12.0 Å². The van der Waals surface area contributed by atoms with Crippen LogP contribution in [0, 0.1) is 0 Å². The summed E-state index contributed by atoms with van der Waals surface area (Å²) in [5.41, 5.74) is 1.36. The monoisotopic (exact) mass is 394 g/mol. The van der Waals surface area contributed by atoms with E-state index in [1.807, 2.05) is 0 Å².